The van der Waals surface area contributed by atoms with E-state index >= 15 is 0 Å². The molecule has 2 atom stereocenters. The molecule has 38 heavy (non-hydrogen) atoms. The minimum absolute atomic E-state index is 0. The predicted octanol–water partition coefficient (Wildman–Crippen LogP) is 5.61. The number of fused-ring (bicyclic) bond motifs is 1. The van der Waals surface area contributed by atoms with Crippen LogP contribution in [0.3, 0.4) is 0 Å². The molecule has 2 aromatic carbocycles. The van der Waals surface area contributed by atoms with Crippen LogP contribution in [0.25, 0.3) is 0 Å². The summed E-state index contributed by atoms with van der Waals surface area (Å²) in [6, 6.07) is 17.8. The molecular weight excluding hydrogens is 496 g/mol. The van der Waals surface area contributed by atoms with Crippen molar-refractivity contribution < 1.29 is 15.8 Å². The van der Waals surface area contributed by atoms with Gasteiger partial charge >= 0.3 is 6.03 Å². The molecule has 1 N–H and O–H groups in total. The Kier molecular flexibility index (Phi) is 7.70. The quantitative estimate of drug-likeness (QED) is 0.539. The lowest BCUT2D eigenvalue weighted by Gasteiger charge is -2.38. The van der Waals surface area contributed by atoms with Gasteiger partial charge in [0.1, 0.15) is 0 Å². The van der Waals surface area contributed by atoms with E-state index in [9.17, 15) is 14.4 Å². The van der Waals surface area contributed by atoms with Crippen molar-refractivity contribution in [2.45, 2.75) is 69.5 Å². The first-order valence-corrected chi connectivity index (χ1v) is 14.6. The van der Waals surface area contributed by atoms with Gasteiger partial charge in [-0.15, -0.1) is 11.8 Å². The number of urea groups is 1. The molecule has 3 heterocycles. The van der Waals surface area contributed by atoms with E-state index in [4.69, 9.17) is 0 Å². The number of anilines is 2. The van der Waals surface area contributed by atoms with Gasteiger partial charge in [0, 0.05) is 44.9 Å². The Morgan fingerprint density at radius 1 is 1.00 bits per heavy atom. The van der Waals surface area contributed by atoms with Crippen LogP contribution in [0.15, 0.2) is 54.6 Å². The molecule has 0 bridgehead atoms. The number of piperidine rings is 1. The highest BCUT2D eigenvalue weighted by Crippen LogP contribution is 2.42. The third-order valence-electron chi connectivity index (χ3n) is 7.70. The van der Waals surface area contributed by atoms with E-state index < -0.39 is 0 Å². The van der Waals surface area contributed by atoms with Gasteiger partial charge in [-0.2, -0.15) is 0 Å². The summed E-state index contributed by atoms with van der Waals surface area (Å²) in [4.78, 5) is 45.5. The summed E-state index contributed by atoms with van der Waals surface area (Å²) < 4.78 is 0. The Labute approximate surface area is 231 Å². The lowest BCUT2D eigenvalue weighted by molar-refractivity contribution is -0.134. The van der Waals surface area contributed by atoms with Crippen molar-refractivity contribution in [2.75, 3.05) is 29.9 Å². The van der Waals surface area contributed by atoms with Crippen molar-refractivity contribution in [2.24, 2.45) is 5.41 Å². The number of amides is 4. The van der Waals surface area contributed by atoms with Crippen LogP contribution in [-0.4, -0.2) is 63.9 Å². The normalized spacial score (nSPS) is 22.8. The minimum atomic E-state index is -0.373. The summed E-state index contributed by atoms with van der Waals surface area (Å²) in [6.07, 6.45) is 3.41. The van der Waals surface area contributed by atoms with Crippen LogP contribution in [0.2, 0.25) is 0 Å². The standard InChI is InChI=1S/C30H38N4O3S.H2/c1-30(2,3)20-27-34(23-10-5-4-6-11-23)28(36)25(38-27)19-26(35)32-16-14-22(15-17-32)33-18-13-21-9-7-8-12-24(21)31-29(33)37;/h4-12,22,25,27H,13-20H2,1-3H3,(H,31,37);1H. The van der Waals surface area contributed by atoms with Gasteiger partial charge in [0.2, 0.25) is 11.8 Å². The van der Waals surface area contributed by atoms with E-state index in [1.807, 2.05) is 63.2 Å². The second-order valence-corrected chi connectivity index (χ2v) is 13.1. The van der Waals surface area contributed by atoms with Crippen molar-refractivity contribution in [3.63, 3.8) is 0 Å². The maximum absolute atomic E-state index is 13.5. The molecule has 2 aromatic rings. The number of nitrogens with zero attached hydrogens (tertiary/aromatic N) is 3. The lowest BCUT2D eigenvalue weighted by Crippen LogP contribution is -2.50. The molecule has 2 fully saturated rings. The first kappa shape index (κ1) is 26.6. The molecule has 0 spiro atoms. The minimum Gasteiger partial charge on any atom is -0.342 e. The van der Waals surface area contributed by atoms with E-state index in [1.54, 1.807) is 11.8 Å². The highest BCUT2D eigenvalue weighted by atomic mass is 32.2. The maximum Gasteiger partial charge on any atom is 0.322 e. The zero-order valence-electron chi connectivity index (χ0n) is 22.6. The second kappa shape index (κ2) is 11.0. The molecule has 204 valence electrons. The number of para-hydroxylation sites is 2. The zero-order chi connectivity index (χ0) is 26.9. The lowest BCUT2D eigenvalue weighted by atomic mass is 9.92. The average Bonchev–Trinajstić information content (AvgIpc) is 3.07. The van der Waals surface area contributed by atoms with Crippen LogP contribution in [0, 0.1) is 5.41 Å². The number of hydrogen-bond acceptors (Lipinski definition) is 4. The molecule has 0 radical (unpaired) electrons. The van der Waals surface area contributed by atoms with Crippen molar-refractivity contribution >= 4 is 41.0 Å². The highest BCUT2D eigenvalue weighted by Gasteiger charge is 2.44. The van der Waals surface area contributed by atoms with Gasteiger partial charge in [-0.3, -0.25) is 14.5 Å². The van der Waals surface area contributed by atoms with Crippen LogP contribution < -0.4 is 10.2 Å². The summed E-state index contributed by atoms with van der Waals surface area (Å²) >= 11 is 1.63. The van der Waals surface area contributed by atoms with E-state index in [-0.39, 0.29) is 47.8 Å². The van der Waals surface area contributed by atoms with Gasteiger partial charge in [-0.25, -0.2) is 4.79 Å². The first-order chi connectivity index (χ1) is 18.2. The molecule has 2 saturated heterocycles. The molecule has 0 saturated carbocycles. The Morgan fingerprint density at radius 3 is 2.39 bits per heavy atom. The number of hydrogen-bond donors (Lipinski definition) is 1. The smallest absolute Gasteiger partial charge is 0.322 e. The molecule has 0 aliphatic carbocycles. The fourth-order valence-corrected chi connectivity index (χ4v) is 7.53. The van der Waals surface area contributed by atoms with E-state index in [0.29, 0.717) is 19.6 Å². The van der Waals surface area contributed by atoms with Gasteiger partial charge in [0.05, 0.1) is 10.6 Å². The number of carbonyl (C=O) groups excluding carboxylic acids is 3. The van der Waals surface area contributed by atoms with Crippen molar-refractivity contribution in [1.29, 1.82) is 0 Å². The third kappa shape index (κ3) is 5.85. The largest absolute Gasteiger partial charge is 0.342 e. The maximum atomic E-state index is 13.5. The number of thioether (sulfide) groups is 1. The second-order valence-electron chi connectivity index (χ2n) is 11.7. The van der Waals surface area contributed by atoms with Crippen LogP contribution >= 0.6 is 11.8 Å². The molecule has 5 rings (SSSR count). The van der Waals surface area contributed by atoms with Crippen molar-refractivity contribution in [1.82, 2.24) is 9.80 Å². The van der Waals surface area contributed by atoms with Crippen LogP contribution in [-0.2, 0) is 16.0 Å². The Morgan fingerprint density at radius 2 is 1.68 bits per heavy atom. The van der Waals surface area contributed by atoms with Gasteiger partial charge in [0.15, 0.2) is 0 Å². The summed E-state index contributed by atoms with van der Waals surface area (Å²) in [5.41, 5.74) is 3.00. The number of carbonyl (C=O) groups is 3. The average molecular weight is 537 g/mol. The number of rotatable bonds is 5. The summed E-state index contributed by atoms with van der Waals surface area (Å²) in [6.45, 7) is 8.46. The van der Waals surface area contributed by atoms with Crippen LogP contribution in [0.5, 0.6) is 0 Å². The van der Waals surface area contributed by atoms with Crippen LogP contribution in [0.1, 0.15) is 53.4 Å². The molecule has 3 aliphatic heterocycles. The SMILES string of the molecule is CC(C)(C)CC1SC(CC(=O)N2CCC(N3CCc4ccccc4NC3=O)CC2)C(=O)N1c1ccccc1.[HH]. The molecule has 0 aromatic heterocycles. The van der Waals surface area contributed by atoms with E-state index in [1.165, 1.54) is 0 Å². The third-order valence-corrected chi connectivity index (χ3v) is 9.09. The summed E-state index contributed by atoms with van der Waals surface area (Å²) in [5, 5.41) is 2.70. The topological polar surface area (TPSA) is 73.0 Å². The molecule has 7 nitrogen and oxygen atoms in total. The Bertz CT molecular complexity index is 1180. The predicted molar refractivity (Wildman–Crippen MR) is 155 cm³/mol. The Hall–Kier alpha value is -3.00. The van der Waals surface area contributed by atoms with E-state index in [2.05, 4.69) is 32.2 Å². The van der Waals surface area contributed by atoms with Gasteiger partial charge in [-0.1, -0.05) is 57.2 Å². The van der Waals surface area contributed by atoms with Crippen molar-refractivity contribution in [3.05, 3.63) is 60.2 Å². The molecule has 4 amide bonds. The number of benzene rings is 2. The zero-order valence-corrected chi connectivity index (χ0v) is 23.4. The summed E-state index contributed by atoms with van der Waals surface area (Å²) in [7, 11) is 0. The van der Waals surface area contributed by atoms with Crippen molar-refractivity contribution in [3.8, 4) is 0 Å². The molecular formula is C30H40N4O3S. The number of nitrogens with one attached hydrogen (secondary N) is 1. The van der Waals surface area contributed by atoms with E-state index in [0.717, 1.165) is 42.6 Å². The summed E-state index contributed by atoms with van der Waals surface area (Å²) in [5.74, 6) is 0.0610. The van der Waals surface area contributed by atoms with Gasteiger partial charge in [0.25, 0.3) is 0 Å². The number of likely N-dealkylation sites (tertiary alicyclic amines) is 1. The van der Waals surface area contributed by atoms with Gasteiger partial charge < -0.3 is 15.1 Å². The highest BCUT2D eigenvalue weighted by molar-refractivity contribution is 8.02. The van der Waals surface area contributed by atoms with Gasteiger partial charge in [-0.05, 0) is 54.9 Å². The molecule has 2 unspecified atom stereocenters. The monoisotopic (exact) mass is 536 g/mol. The van der Waals surface area contributed by atoms with Crippen LogP contribution in [0.4, 0.5) is 16.2 Å². The Balaban J connectivity index is 0.00000353. The fraction of sp³-hybridized carbons (Fsp3) is 0.500. The molecule has 8 heteroatoms. The first-order valence-electron chi connectivity index (χ1n) is 13.7. The molecule has 3 aliphatic rings. The fourth-order valence-electron chi connectivity index (χ4n) is 5.74.